The van der Waals surface area contributed by atoms with E-state index in [1.54, 1.807) is 42.5 Å². The standard InChI is InChI=1S/C19H17ClN2O5/c20-13-3-1-12(2-4-13)15(23)6-8-18(24)21-10-19(25)22-14-5-7-16-17(9-14)27-11-26-16/h1-5,7,9H,6,8,10-11H2,(H,21,24)(H,22,25). The minimum atomic E-state index is -0.383. The molecule has 0 saturated carbocycles. The first-order chi connectivity index (χ1) is 13.0. The molecule has 0 atom stereocenters. The quantitative estimate of drug-likeness (QED) is 0.711. The summed E-state index contributed by atoms with van der Waals surface area (Å²) >= 11 is 5.77. The van der Waals surface area contributed by atoms with Crippen LogP contribution in [0.4, 0.5) is 5.69 Å². The van der Waals surface area contributed by atoms with Crippen molar-refractivity contribution in [3.05, 3.63) is 53.1 Å². The molecule has 2 amide bonds. The Morgan fingerprint density at radius 1 is 0.926 bits per heavy atom. The molecular formula is C19H17ClN2O5. The van der Waals surface area contributed by atoms with Crippen LogP contribution >= 0.6 is 11.6 Å². The number of Topliss-reactive ketones (excluding diaryl/α,β-unsaturated/α-hetero) is 1. The first kappa shape index (κ1) is 18.7. The fraction of sp³-hybridized carbons (Fsp3) is 0.211. The second-order valence-electron chi connectivity index (χ2n) is 5.82. The van der Waals surface area contributed by atoms with Crippen molar-refractivity contribution in [3.63, 3.8) is 0 Å². The Kier molecular flexibility index (Phi) is 5.93. The van der Waals surface area contributed by atoms with Crippen molar-refractivity contribution in [1.82, 2.24) is 5.32 Å². The third kappa shape index (κ3) is 5.21. The lowest BCUT2D eigenvalue weighted by Crippen LogP contribution is -2.33. The van der Waals surface area contributed by atoms with Gasteiger partial charge >= 0.3 is 0 Å². The maximum atomic E-state index is 12.0. The third-order valence-electron chi connectivity index (χ3n) is 3.85. The van der Waals surface area contributed by atoms with E-state index < -0.39 is 0 Å². The van der Waals surface area contributed by atoms with Crippen molar-refractivity contribution < 1.29 is 23.9 Å². The fourth-order valence-corrected chi connectivity index (χ4v) is 2.58. The Bertz CT molecular complexity index is 867. The highest BCUT2D eigenvalue weighted by Gasteiger charge is 2.15. The van der Waals surface area contributed by atoms with Crippen molar-refractivity contribution in [3.8, 4) is 11.5 Å². The minimum Gasteiger partial charge on any atom is -0.454 e. The number of benzene rings is 2. The predicted octanol–water partition coefficient (Wildman–Crippen LogP) is 2.79. The van der Waals surface area contributed by atoms with Crippen LogP contribution < -0.4 is 20.1 Å². The van der Waals surface area contributed by atoms with Crippen LogP contribution in [0.3, 0.4) is 0 Å². The van der Waals surface area contributed by atoms with Gasteiger partial charge in [-0.1, -0.05) is 11.6 Å². The van der Waals surface area contributed by atoms with Crippen LogP contribution in [0, 0.1) is 0 Å². The maximum Gasteiger partial charge on any atom is 0.243 e. The zero-order valence-electron chi connectivity index (χ0n) is 14.3. The smallest absolute Gasteiger partial charge is 0.243 e. The number of carbonyl (C=O) groups excluding carboxylic acids is 3. The van der Waals surface area contributed by atoms with Gasteiger partial charge in [0.1, 0.15) is 0 Å². The number of anilines is 1. The molecule has 2 N–H and O–H groups in total. The SMILES string of the molecule is O=C(CCC(=O)c1ccc(Cl)cc1)NCC(=O)Nc1ccc2c(c1)OCO2. The molecule has 0 spiro atoms. The van der Waals surface area contributed by atoms with Crippen LogP contribution in [0.1, 0.15) is 23.2 Å². The molecule has 0 saturated heterocycles. The van der Waals surface area contributed by atoms with E-state index in [4.69, 9.17) is 21.1 Å². The highest BCUT2D eigenvalue weighted by Crippen LogP contribution is 2.34. The molecule has 3 rings (SSSR count). The molecule has 2 aromatic rings. The van der Waals surface area contributed by atoms with Gasteiger partial charge in [-0.15, -0.1) is 0 Å². The van der Waals surface area contributed by atoms with Gasteiger partial charge in [-0.05, 0) is 36.4 Å². The molecule has 0 fully saturated rings. The highest BCUT2D eigenvalue weighted by atomic mass is 35.5. The topological polar surface area (TPSA) is 93.7 Å². The normalized spacial score (nSPS) is 11.7. The van der Waals surface area contributed by atoms with Gasteiger partial charge in [-0.25, -0.2) is 0 Å². The third-order valence-corrected chi connectivity index (χ3v) is 4.10. The molecule has 0 unspecified atom stereocenters. The number of ether oxygens (including phenoxy) is 2. The average Bonchev–Trinajstić information content (AvgIpc) is 3.13. The van der Waals surface area contributed by atoms with E-state index in [-0.39, 0.29) is 43.8 Å². The van der Waals surface area contributed by atoms with E-state index in [9.17, 15) is 14.4 Å². The van der Waals surface area contributed by atoms with E-state index in [0.29, 0.717) is 27.8 Å². The van der Waals surface area contributed by atoms with Crippen molar-refractivity contribution in [2.45, 2.75) is 12.8 Å². The molecule has 1 heterocycles. The first-order valence-corrected chi connectivity index (χ1v) is 8.64. The molecule has 0 bridgehead atoms. The largest absolute Gasteiger partial charge is 0.454 e. The minimum absolute atomic E-state index is 0.00123. The Balaban J connectivity index is 1.40. The number of amides is 2. The monoisotopic (exact) mass is 388 g/mol. The van der Waals surface area contributed by atoms with Gasteiger partial charge < -0.3 is 20.1 Å². The lowest BCUT2D eigenvalue weighted by Gasteiger charge is -2.08. The van der Waals surface area contributed by atoms with Crippen LogP contribution in [0.2, 0.25) is 5.02 Å². The summed E-state index contributed by atoms with van der Waals surface area (Å²) in [5.41, 5.74) is 1.03. The zero-order valence-corrected chi connectivity index (χ0v) is 15.0. The molecule has 1 aliphatic heterocycles. The van der Waals surface area contributed by atoms with E-state index >= 15 is 0 Å². The van der Waals surface area contributed by atoms with Gasteiger partial charge in [0, 0.05) is 35.2 Å². The Morgan fingerprint density at radius 2 is 1.67 bits per heavy atom. The van der Waals surface area contributed by atoms with Crippen LogP contribution in [-0.2, 0) is 9.59 Å². The summed E-state index contributed by atoms with van der Waals surface area (Å²) in [7, 11) is 0. The maximum absolute atomic E-state index is 12.0. The predicted molar refractivity (Wildman–Crippen MR) is 99.2 cm³/mol. The van der Waals surface area contributed by atoms with Crippen molar-refractivity contribution >= 4 is 34.9 Å². The summed E-state index contributed by atoms with van der Waals surface area (Å²) in [5.74, 6) is 0.250. The highest BCUT2D eigenvalue weighted by molar-refractivity contribution is 6.30. The second kappa shape index (κ2) is 8.55. The van der Waals surface area contributed by atoms with Gasteiger partial charge in [-0.2, -0.15) is 0 Å². The van der Waals surface area contributed by atoms with Gasteiger partial charge in [0.15, 0.2) is 17.3 Å². The van der Waals surface area contributed by atoms with Gasteiger partial charge in [0.25, 0.3) is 0 Å². The number of halogens is 1. The Morgan fingerprint density at radius 3 is 2.44 bits per heavy atom. The molecule has 0 radical (unpaired) electrons. The Hall–Kier alpha value is -3.06. The van der Waals surface area contributed by atoms with E-state index in [2.05, 4.69) is 10.6 Å². The van der Waals surface area contributed by atoms with Crippen LogP contribution in [-0.4, -0.2) is 30.9 Å². The van der Waals surface area contributed by atoms with Crippen molar-refractivity contribution in [1.29, 1.82) is 0 Å². The van der Waals surface area contributed by atoms with E-state index in [1.165, 1.54) is 0 Å². The number of hydrogen-bond acceptors (Lipinski definition) is 5. The number of nitrogens with one attached hydrogen (secondary N) is 2. The molecule has 1 aliphatic rings. The lowest BCUT2D eigenvalue weighted by atomic mass is 10.1. The summed E-state index contributed by atoms with van der Waals surface area (Å²) in [6, 6.07) is 11.5. The van der Waals surface area contributed by atoms with Crippen LogP contribution in [0.5, 0.6) is 11.5 Å². The fourth-order valence-electron chi connectivity index (χ4n) is 2.45. The number of fused-ring (bicyclic) bond motifs is 1. The number of hydrogen-bond donors (Lipinski definition) is 2. The second-order valence-corrected chi connectivity index (χ2v) is 6.26. The molecule has 27 heavy (non-hydrogen) atoms. The lowest BCUT2D eigenvalue weighted by molar-refractivity contribution is -0.124. The van der Waals surface area contributed by atoms with Crippen LogP contribution in [0.25, 0.3) is 0 Å². The molecule has 8 heteroatoms. The number of carbonyl (C=O) groups is 3. The first-order valence-electron chi connectivity index (χ1n) is 8.26. The molecule has 0 aliphatic carbocycles. The van der Waals surface area contributed by atoms with E-state index in [0.717, 1.165) is 0 Å². The summed E-state index contributed by atoms with van der Waals surface area (Å²) in [6.45, 7) is -0.0417. The summed E-state index contributed by atoms with van der Waals surface area (Å²) in [6.07, 6.45) is 0.0516. The number of ketones is 1. The summed E-state index contributed by atoms with van der Waals surface area (Å²) in [5, 5.41) is 5.68. The van der Waals surface area contributed by atoms with E-state index in [1.807, 2.05) is 0 Å². The summed E-state index contributed by atoms with van der Waals surface area (Å²) < 4.78 is 10.4. The van der Waals surface area contributed by atoms with Crippen molar-refractivity contribution in [2.75, 3.05) is 18.7 Å². The average molecular weight is 389 g/mol. The Labute approximate surface area is 160 Å². The molecular weight excluding hydrogens is 372 g/mol. The molecule has 140 valence electrons. The van der Waals surface area contributed by atoms with Crippen LogP contribution in [0.15, 0.2) is 42.5 Å². The zero-order chi connectivity index (χ0) is 19.2. The molecule has 0 aromatic heterocycles. The molecule has 7 nitrogen and oxygen atoms in total. The van der Waals surface area contributed by atoms with Crippen molar-refractivity contribution in [2.24, 2.45) is 0 Å². The van der Waals surface area contributed by atoms with Gasteiger partial charge in [0.05, 0.1) is 6.54 Å². The summed E-state index contributed by atoms with van der Waals surface area (Å²) in [4.78, 5) is 35.8. The van der Waals surface area contributed by atoms with Gasteiger partial charge in [0.2, 0.25) is 18.6 Å². The molecule has 2 aromatic carbocycles. The van der Waals surface area contributed by atoms with Gasteiger partial charge in [-0.3, -0.25) is 14.4 Å². The number of rotatable bonds is 7.